The van der Waals surface area contributed by atoms with Crippen LogP contribution in [0, 0.1) is 5.41 Å². The van der Waals surface area contributed by atoms with Crippen LogP contribution >= 0.6 is 0 Å². The van der Waals surface area contributed by atoms with Gasteiger partial charge in [0.25, 0.3) is 0 Å². The molecule has 0 heterocycles. The number of allylic oxidation sites excluding steroid dienone is 4. The van der Waals surface area contributed by atoms with Gasteiger partial charge in [-0.25, -0.2) is 0 Å². The predicted octanol–water partition coefficient (Wildman–Crippen LogP) is 1.05. The molecule has 0 unspecified atom stereocenters. The maximum Gasteiger partial charge on any atom is 0.211 e. The molecule has 0 radical (unpaired) electrons. The van der Waals surface area contributed by atoms with Crippen LogP contribution < -0.4 is 11.1 Å². The van der Waals surface area contributed by atoms with Gasteiger partial charge >= 0.3 is 0 Å². The van der Waals surface area contributed by atoms with Gasteiger partial charge in [-0.05, 0) is 12.2 Å². The second kappa shape index (κ2) is 3.47. The molecule has 0 aromatic rings. The van der Waals surface area contributed by atoms with Gasteiger partial charge in [0.1, 0.15) is 0 Å². The van der Waals surface area contributed by atoms with Crippen molar-refractivity contribution in [1.29, 1.82) is 0 Å². The van der Waals surface area contributed by atoms with Gasteiger partial charge in [0.05, 0.1) is 11.4 Å². The average Bonchev–Trinajstić information content (AvgIpc) is 2.18. The second-order valence-corrected chi connectivity index (χ2v) is 3.62. The van der Waals surface area contributed by atoms with E-state index in [2.05, 4.69) is 19.2 Å². The maximum atomic E-state index is 10.2. The minimum absolute atomic E-state index is 0.0169. The number of nitrogens with two attached hydrogens (primary N) is 1. The van der Waals surface area contributed by atoms with Crippen LogP contribution in [0.25, 0.3) is 0 Å². The summed E-state index contributed by atoms with van der Waals surface area (Å²) in [5.41, 5.74) is 6.92. The molecule has 1 aliphatic rings. The van der Waals surface area contributed by atoms with E-state index >= 15 is 0 Å². The molecule has 0 bridgehead atoms. The molecule has 1 rings (SSSR count). The molecule has 0 saturated heterocycles. The number of carbonyl (C=O) groups excluding carboxylic acids is 1. The number of amides is 1. The van der Waals surface area contributed by atoms with E-state index in [4.69, 9.17) is 5.73 Å². The Morgan fingerprint density at radius 1 is 1.38 bits per heavy atom. The lowest BCUT2D eigenvalue weighted by Crippen LogP contribution is -2.13. The predicted molar refractivity (Wildman–Crippen MR) is 52.5 cm³/mol. The van der Waals surface area contributed by atoms with Gasteiger partial charge in [-0.2, -0.15) is 0 Å². The molecule has 3 nitrogen and oxygen atoms in total. The summed E-state index contributed by atoms with van der Waals surface area (Å²) < 4.78 is 0. The third kappa shape index (κ3) is 2.47. The number of hydrogen-bond acceptors (Lipinski definition) is 2. The summed E-state index contributed by atoms with van der Waals surface area (Å²) in [6, 6.07) is 0. The molecular formula is C10H14N2O. The molecule has 0 aromatic carbocycles. The zero-order chi connectivity index (χ0) is 9.90. The Hall–Kier alpha value is -1.51. The van der Waals surface area contributed by atoms with E-state index in [9.17, 15) is 4.79 Å². The molecule has 1 amide bonds. The summed E-state index contributed by atoms with van der Waals surface area (Å²) in [7, 11) is 0. The number of hydrogen-bond donors (Lipinski definition) is 2. The summed E-state index contributed by atoms with van der Waals surface area (Å²) in [5.74, 6) is 0. The maximum absolute atomic E-state index is 10.2. The van der Waals surface area contributed by atoms with Crippen LogP contribution in [0.3, 0.4) is 0 Å². The number of nitrogens with one attached hydrogen (secondary N) is 1. The van der Waals surface area contributed by atoms with Gasteiger partial charge in [0, 0.05) is 5.41 Å². The summed E-state index contributed by atoms with van der Waals surface area (Å²) in [4.78, 5) is 10.2. The second-order valence-electron chi connectivity index (χ2n) is 3.62. The molecule has 3 N–H and O–H groups in total. The van der Waals surface area contributed by atoms with Crippen LogP contribution in [0.1, 0.15) is 13.8 Å². The van der Waals surface area contributed by atoms with E-state index in [0.717, 1.165) is 0 Å². The topological polar surface area (TPSA) is 55.1 Å². The Morgan fingerprint density at radius 3 is 2.62 bits per heavy atom. The molecule has 0 saturated carbocycles. The van der Waals surface area contributed by atoms with Crippen molar-refractivity contribution in [2.24, 2.45) is 11.1 Å². The Labute approximate surface area is 78.0 Å². The van der Waals surface area contributed by atoms with Crippen LogP contribution in [0.15, 0.2) is 35.7 Å². The highest BCUT2D eigenvalue weighted by molar-refractivity contribution is 5.54. The number of rotatable bonds is 2. The third-order valence-electron chi connectivity index (χ3n) is 1.90. The van der Waals surface area contributed by atoms with E-state index in [1.807, 2.05) is 24.3 Å². The molecule has 0 atom stereocenters. The molecular weight excluding hydrogens is 164 g/mol. The molecule has 0 aliphatic heterocycles. The van der Waals surface area contributed by atoms with Gasteiger partial charge in [0.15, 0.2) is 0 Å². The first kappa shape index (κ1) is 9.58. The molecule has 70 valence electrons. The smallest absolute Gasteiger partial charge is 0.211 e. The normalized spacial score (nSPS) is 19.8. The Balaban J connectivity index is 2.97. The van der Waals surface area contributed by atoms with Gasteiger partial charge in [-0.1, -0.05) is 26.0 Å². The van der Waals surface area contributed by atoms with E-state index in [0.29, 0.717) is 17.8 Å². The SMILES string of the molecule is CC1(C)C=CC(N)=C(NC=O)C=C1. The first-order valence-corrected chi connectivity index (χ1v) is 4.13. The van der Waals surface area contributed by atoms with Crippen molar-refractivity contribution in [3.63, 3.8) is 0 Å². The summed E-state index contributed by atoms with van der Waals surface area (Å²) >= 11 is 0. The first-order chi connectivity index (χ1) is 6.05. The van der Waals surface area contributed by atoms with E-state index in [1.165, 1.54) is 0 Å². The van der Waals surface area contributed by atoms with Crippen molar-refractivity contribution in [3.05, 3.63) is 35.7 Å². The zero-order valence-electron chi connectivity index (χ0n) is 7.87. The highest BCUT2D eigenvalue weighted by atomic mass is 16.1. The van der Waals surface area contributed by atoms with Gasteiger partial charge < -0.3 is 11.1 Å². The minimum atomic E-state index is -0.0169. The van der Waals surface area contributed by atoms with Crippen molar-refractivity contribution >= 4 is 6.41 Å². The molecule has 3 heteroatoms. The fourth-order valence-electron chi connectivity index (χ4n) is 1.04. The van der Waals surface area contributed by atoms with Crippen molar-refractivity contribution in [1.82, 2.24) is 5.32 Å². The lowest BCUT2D eigenvalue weighted by atomic mass is 9.93. The standard InChI is InChI=1S/C10H14N2O/c1-10(2)5-3-8(11)9(4-6-10)12-7-13/h3-7H,11H2,1-2H3,(H,12,13). The highest BCUT2D eigenvalue weighted by Gasteiger charge is 2.12. The van der Waals surface area contributed by atoms with Crippen molar-refractivity contribution in [2.75, 3.05) is 0 Å². The van der Waals surface area contributed by atoms with Crippen LogP contribution in [-0.2, 0) is 4.79 Å². The molecule has 0 fully saturated rings. The molecule has 0 aromatic heterocycles. The summed E-state index contributed by atoms with van der Waals surface area (Å²) in [6.45, 7) is 4.13. The van der Waals surface area contributed by atoms with Gasteiger partial charge in [-0.3, -0.25) is 4.79 Å². The largest absolute Gasteiger partial charge is 0.397 e. The fraction of sp³-hybridized carbons (Fsp3) is 0.300. The summed E-state index contributed by atoms with van der Waals surface area (Å²) in [6.07, 6.45) is 8.25. The minimum Gasteiger partial charge on any atom is -0.397 e. The highest BCUT2D eigenvalue weighted by Crippen LogP contribution is 2.22. The quantitative estimate of drug-likeness (QED) is 0.621. The van der Waals surface area contributed by atoms with Gasteiger partial charge in [0.2, 0.25) is 6.41 Å². The first-order valence-electron chi connectivity index (χ1n) is 4.13. The fourth-order valence-corrected chi connectivity index (χ4v) is 1.04. The van der Waals surface area contributed by atoms with Crippen LogP contribution in [0.5, 0.6) is 0 Å². The zero-order valence-corrected chi connectivity index (χ0v) is 7.87. The Kier molecular flexibility index (Phi) is 2.56. The van der Waals surface area contributed by atoms with Crippen molar-refractivity contribution in [3.8, 4) is 0 Å². The third-order valence-corrected chi connectivity index (χ3v) is 1.90. The number of carbonyl (C=O) groups is 1. The van der Waals surface area contributed by atoms with Crippen molar-refractivity contribution < 1.29 is 4.79 Å². The van der Waals surface area contributed by atoms with Crippen molar-refractivity contribution in [2.45, 2.75) is 13.8 Å². The molecule has 13 heavy (non-hydrogen) atoms. The van der Waals surface area contributed by atoms with E-state index < -0.39 is 0 Å². The Bertz CT molecular complexity index is 298. The lowest BCUT2D eigenvalue weighted by molar-refractivity contribution is -0.108. The van der Waals surface area contributed by atoms with Crippen LogP contribution in [0.4, 0.5) is 0 Å². The summed E-state index contributed by atoms with van der Waals surface area (Å²) in [5, 5.41) is 2.55. The Morgan fingerprint density at radius 2 is 2.00 bits per heavy atom. The van der Waals surface area contributed by atoms with E-state index in [1.54, 1.807) is 0 Å². The van der Waals surface area contributed by atoms with Crippen LogP contribution in [0.2, 0.25) is 0 Å². The van der Waals surface area contributed by atoms with Crippen LogP contribution in [-0.4, -0.2) is 6.41 Å². The lowest BCUT2D eigenvalue weighted by Gasteiger charge is -2.12. The monoisotopic (exact) mass is 178 g/mol. The van der Waals surface area contributed by atoms with Gasteiger partial charge in [-0.15, -0.1) is 0 Å². The molecule has 1 aliphatic carbocycles. The average molecular weight is 178 g/mol. The molecule has 0 spiro atoms. The van der Waals surface area contributed by atoms with E-state index in [-0.39, 0.29) is 5.41 Å².